The van der Waals surface area contributed by atoms with Crippen molar-refractivity contribution in [2.75, 3.05) is 46.3 Å². The lowest BCUT2D eigenvalue weighted by Crippen LogP contribution is -2.49. The van der Waals surface area contributed by atoms with E-state index in [1.165, 1.54) is 26.2 Å². The Hall–Kier alpha value is -0.120. The maximum atomic E-state index is 3.41. The summed E-state index contributed by atoms with van der Waals surface area (Å²) in [5, 5.41) is 3.41. The smallest absolute Gasteiger partial charge is 0.0108 e. The zero-order chi connectivity index (χ0) is 12.2. The molecule has 0 aromatic rings. The van der Waals surface area contributed by atoms with Crippen molar-refractivity contribution in [1.82, 2.24) is 15.1 Å². The molecular formula is C13H29N3. The molecule has 0 radical (unpaired) electrons. The topological polar surface area (TPSA) is 18.5 Å². The second-order valence-corrected chi connectivity index (χ2v) is 6.20. The molecule has 1 saturated heterocycles. The quantitative estimate of drug-likeness (QED) is 0.763. The minimum atomic E-state index is 0.385. The molecule has 1 aliphatic heterocycles. The van der Waals surface area contributed by atoms with Crippen LogP contribution in [0.5, 0.6) is 0 Å². The molecule has 16 heavy (non-hydrogen) atoms. The molecule has 1 heterocycles. The van der Waals surface area contributed by atoms with Crippen LogP contribution in [0.2, 0.25) is 0 Å². The van der Waals surface area contributed by atoms with E-state index in [1.54, 1.807) is 0 Å². The minimum absolute atomic E-state index is 0.385. The van der Waals surface area contributed by atoms with E-state index in [1.807, 2.05) is 0 Å². The van der Waals surface area contributed by atoms with Gasteiger partial charge in [0.05, 0.1) is 0 Å². The molecule has 0 saturated carbocycles. The number of hydrogen-bond acceptors (Lipinski definition) is 3. The Balaban J connectivity index is 2.37. The Bertz CT molecular complexity index is 195. The van der Waals surface area contributed by atoms with Gasteiger partial charge in [0.15, 0.2) is 0 Å². The van der Waals surface area contributed by atoms with Crippen molar-refractivity contribution in [1.29, 1.82) is 0 Å². The molecule has 1 rings (SSSR count). The van der Waals surface area contributed by atoms with Crippen molar-refractivity contribution < 1.29 is 0 Å². The van der Waals surface area contributed by atoms with Gasteiger partial charge in [-0.2, -0.15) is 0 Å². The Morgan fingerprint density at radius 1 is 1.25 bits per heavy atom. The van der Waals surface area contributed by atoms with E-state index in [2.05, 4.69) is 49.9 Å². The molecule has 0 unspecified atom stereocenters. The van der Waals surface area contributed by atoms with Crippen LogP contribution in [0.15, 0.2) is 0 Å². The Labute approximate surface area is 101 Å². The molecular weight excluding hydrogens is 198 g/mol. The second-order valence-electron chi connectivity index (χ2n) is 6.20. The Morgan fingerprint density at radius 2 is 1.81 bits per heavy atom. The molecule has 3 nitrogen and oxygen atoms in total. The zero-order valence-electron chi connectivity index (χ0n) is 11.7. The van der Waals surface area contributed by atoms with Gasteiger partial charge in [-0.1, -0.05) is 13.8 Å². The summed E-state index contributed by atoms with van der Waals surface area (Å²) in [5.74, 6) is 0. The fraction of sp³-hybridized carbons (Fsp3) is 1.00. The van der Waals surface area contributed by atoms with Crippen molar-refractivity contribution in [3.05, 3.63) is 0 Å². The fourth-order valence-electron chi connectivity index (χ4n) is 2.38. The van der Waals surface area contributed by atoms with Crippen molar-refractivity contribution in [2.24, 2.45) is 5.41 Å². The van der Waals surface area contributed by atoms with Crippen LogP contribution in [-0.4, -0.2) is 62.2 Å². The van der Waals surface area contributed by atoms with Gasteiger partial charge in [0, 0.05) is 45.3 Å². The van der Waals surface area contributed by atoms with Crippen molar-refractivity contribution >= 4 is 0 Å². The molecule has 0 aromatic carbocycles. The summed E-state index contributed by atoms with van der Waals surface area (Å²) in [6.07, 6.45) is 0. The third-order valence-electron chi connectivity index (χ3n) is 3.42. The van der Waals surface area contributed by atoms with Crippen molar-refractivity contribution in [2.45, 2.75) is 33.7 Å². The lowest BCUT2D eigenvalue weighted by atomic mass is 9.91. The first-order valence-corrected chi connectivity index (χ1v) is 6.54. The highest BCUT2D eigenvalue weighted by atomic mass is 15.2. The monoisotopic (exact) mass is 227 g/mol. The highest BCUT2D eigenvalue weighted by Crippen LogP contribution is 2.19. The van der Waals surface area contributed by atoms with Gasteiger partial charge in [-0.3, -0.25) is 0 Å². The SMILES string of the molecule is CC(C)N(C)CC(C)(C)CN1CCNCC1. The first kappa shape index (κ1) is 13.9. The number of piperazine rings is 1. The molecule has 3 heteroatoms. The van der Waals surface area contributed by atoms with Gasteiger partial charge >= 0.3 is 0 Å². The Kier molecular flexibility index (Phi) is 5.22. The molecule has 96 valence electrons. The van der Waals surface area contributed by atoms with Crippen LogP contribution in [0.3, 0.4) is 0 Å². The van der Waals surface area contributed by atoms with E-state index in [-0.39, 0.29) is 0 Å². The number of rotatable bonds is 5. The van der Waals surface area contributed by atoms with Gasteiger partial charge in [-0.15, -0.1) is 0 Å². The van der Waals surface area contributed by atoms with Gasteiger partial charge in [0.2, 0.25) is 0 Å². The molecule has 1 aliphatic rings. The lowest BCUT2D eigenvalue weighted by molar-refractivity contribution is 0.111. The van der Waals surface area contributed by atoms with Crippen molar-refractivity contribution in [3.8, 4) is 0 Å². The molecule has 0 aromatic heterocycles. The first-order valence-electron chi connectivity index (χ1n) is 6.54. The summed E-state index contributed by atoms with van der Waals surface area (Å²) >= 11 is 0. The number of nitrogens with one attached hydrogen (secondary N) is 1. The predicted molar refractivity (Wildman–Crippen MR) is 70.9 cm³/mol. The van der Waals surface area contributed by atoms with Gasteiger partial charge in [-0.05, 0) is 26.3 Å². The van der Waals surface area contributed by atoms with Gasteiger partial charge in [0.1, 0.15) is 0 Å². The van der Waals surface area contributed by atoms with E-state index >= 15 is 0 Å². The maximum absolute atomic E-state index is 3.41. The summed E-state index contributed by atoms with van der Waals surface area (Å²) in [5.41, 5.74) is 0.385. The third-order valence-corrected chi connectivity index (χ3v) is 3.42. The maximum Gasteiger partial charge on any atom is 0.0108 e. The standard InChI is InChI=1S/C13H29N3/c1-12(2)15(5)10-13(3,4)11-16-8-6-14-7-9-16/h12,14H,6-11H2,1-5H3. The van der Waals surface area contributed by atoms with Gasteiger partial charge in [0.25, 0.3) is 0 Å². The first-order chi connectivity index (χ1) is 7.41. The molecule has 1 N–H and O–H groups in total. The summed E-state index contributed by atoms with van der Waals surface area (Å²) in [6, 6.07) is 0.641. The average molecular weight is 227 g/mol. The van der Waals surface area contributed by atoms with Crippen LogP contribution in [0.4, 0.5) is 0 Å². The van der Waals surface area contributed by atoms with E-state index in [4.69, 9.17) is 0 Å². The van der Waals surface area contributed by atoms with Crippen LogP contribution in [0, 0.1) is 5.41 Å². The normalized spacial score (nSPS) is 19.7. The van der Waals surface area contributed by atoms with Gasteiger partial charge in [-0.25, -0.2) is 0 Å². The molecule has 0 amide bonds. The average Bonchev–Trinajstić information content (AvgIpc) is 2.17. The summed E-state index contributed by atoms with van der Waals surface area (Å²) < 4.78 is 0. The third kappa shape index (κ3) is 4.81. The Morgan fingerprint density at radius 3 is 2.31 bits per heavy atom. The highest BCUT2D eigenvalue weighted by Gasteiger charge is 2.25. The predicted octanol–water partition coefficient (Wildman–Crippen LogP) is 1.26. The van der Waals surface area contributed by atoms with Crippen molar-refractivity contribution in [3.63, 3.8) is 0 Å². The highest BCUT2D eigenvalue weighted by molar-refractivity contribution is 4.80. The largest absolute Gasteiger partial charge is 0.314 e. The van der Waals surface area contributed by atoms with E-state index in [0.717, 1.165) is 13.1 Å². The minimum Gasteiger partial charge on any atom is -0.314 e. The lowest BCUT2D eigenvalue weighted by Gasteiger charge is -2.38. The molecule has 1 fully saturated rings. The van der Waals surface area contributed by atoms with E-state index < -0.39 is 0 Å². The van der Waals surface area contributed by atoms with Crippen LogP contribution >= 0.6 is 0 Å². The van der Waals surface area contributed by atoms with Crippen LogP contribution in [-0.2, 0) is 0 Å². The summed E-state index contributed by atoms with van der Waals surface area (Å²) in [6.45, 7) is 16.4. The van der Waals surface area contributed by atoms with E-state index in [0.29, 0.717) is 11.5 Å². The van der Waals surface area contributed by atoms with Crippen LogP contribution < -0.4 is 5.32 Å². The number of nitrogens with zero attached hydrogens (tertiary/aromatic N) is 2. The molecule has 0 spiro atoms. The zero-order valence-corrected chi connectivity index (χ0v) is 11.7. The van der Waals surface area contributed by atoms with Gasteiger partial charge < -0.3 is 15.1 Å². The second kappa shape index (κ2) is 5.99. The molecule has 0 aliphatic carbocycles. The fourth-order valence-corrected chi connectivity index (χ4v) is 2.38. The van der Waals surface area contributed by atoms with Crippen LogP contribution in [0.25, 0.3) is 0 Å². The van der Waals surface area contributed by atoms with Crippen LogP contribution in [0.1, 0.15) is 27.7 Å². The summed E-state index contributed by atoms with van der Waals surface area (Å²) in [4.78, 5) is 5.03. The summed E-state index contributed by atoms with van der Waals surface area (Å²) in [7, 11) is 2.23. The number of hydrogen-bond donors (Lipinski definition) is 1. The molecule has 0 atom stereocenters. The molecule has 0 bridgehead atoms. The van der Waals surface area contributed by atoms with E-state index in [9.17, 15) is 0 Å².